The molecule has 6 rings (SSSR count). The van der Waals surface area contributed by atoms with Crippen LogP contribution in [0.4, 0.5) is 34.1 Å². The van der Waals surface area contributed by atoms with Crippen LogP contribution in [0, 0.1) is 5.92 Å². The first-order valence-corrected chi connectivity index (χ1v) is 23.7. The molecule has 2 fully saturated rings. The molecule has 4 unspecified atom stereocenters. The van der Waals surface area contributed by atoms with E-state index >= 15 is 0 Å². The van der Waals surface area contributed by atoms with Gasteiger partial charge in [-0.25, -0.2) is 35.9 Å². The number of likely N-dealkylation sites (tertiary alicyclic amines) is 2. The Balaban J connectivity index is 1.17. The summed E-state index contributed by atoms with van der Waals surface area (Å²) in [7, 11) is -8.79. The fraction of sp³-hybridized carbons (Fsp3) is 0.575. The highest BCUT2D eigenvalue weighted by Gasteiger charge is 2.41. The van der Waals surface area contributed by atoms with Crippen LogP contribution in [0.2, 0.25) is 5.02 Å². The van der Waals surface area contributed by atoms with Gasteiger partial charge in [0.2, 0.25) is 37.8 Å². The summed E-state index contributed by atoms with van der Waals surface area (Å²) in [5.74, 6) is -2.31. The SMILES string of the molecule is CC(=O)N1CC(S(=O)(=O)NC(=O)Nc2c3c(cc4c2CC(CC(C)c2cc(Cl)cc(C(C)C)c2NC(=O)NS(=O)(=O)C2CCC(=O)N(CC(F)(F)F)C2)C4)CCC3)CCC1=O. The first-order valence-electron chi connectivity index (χ1n) is 20.2. The van der Waals surface area contributed by atoms with Crippen LogP contribution in [0.3, 0.4) is 0 Å². The summed E-state index contributed by atoms with van der Waals surface area (Å²) in [6, 6.07) is 3.42. The lowest BCUT2D eigenvalue weighted by Crippen LogP contribution is -2.52. The van der Waals surface area contributed by atoms with Crippen LogP contribution in [0.1, 0.15) is 111 Å². The van der Waals surface area contributed by atoms with E-state index in [4.69, 9.17) is 11.6 Å². The lowest BCUT2D eigenvalue weighted by Gasteiger charge is -2.32. The largest absolute Gasteiger partial charge is 0.406 e. The number of nitrogens with zero attached hydrogens (tertiary/aromatic N) is 2. The lowest BCUT2D eigenvalue weighted by molar-refractivity contribution is -0.163. The molecule has 0 radical (unpaired) electrons. The highest BCUT2D eigenvalue weighted by molar-refractivity contribution is 7.91. The number of fused-ring (bicyclic) bond motifs is 2. The van der Waals surface area contributed by atoms with Crippen molar-refractivity contribution in [2.45, 2.75) is 120 Å². The first-order chi connectivity index (χ1) is 28.4. The van der Waals surface area contributed by atoms with Gasteiger partial charge in [0.15, 0.2) is 0 Å². The number of hydrogen-bond donors (Lipinski definition) is 4. The fourth-order valence-corrected chi connectivity index (χ4v) is 11.9. The predicted octanol–water partition coefficient (Wildman–Crippen LogP) is 5.85. The Morgan fingerprint density at radius 1 is 0.787 bits per heavy atom. The van der Waals surface area contributed by atoms with Crippen LogP contribution in [-0.2, 0) is 60.1 Å². The Kier molecular flexibility index (Phi) is 13.4. The topological polar surface area (TPSA) is 208 Å². The van der Waals surface area contributed by atoms with E-state index in [1.165, 1.54) is 6.92 Å². The fourth-order valence-electron chi connectivity index (χ4n) is 9.10. The zero-order valence-electron chi connectivity index (χ0n) is 34.2. The van der Waals surface area contributed by atoms with E-state index in [0.717, 1.165) is 40.0 Å². The number of piperidine rings is 2. The molecule has 4 atom stereocenters. The molecular formula is C40H50ClF3N6O9S2. The smallest absolute Gasteiger partial charge is 0.332 e. The maximum absolute atomic E-state index is 13.4. The standard InChI is InChI=1S/C40H50ClF3N6O9S2/c1-21(2)31-16-27(41)17-32(37(31)46-39(55)47-60(56,57)28-8-10-34(52)49(18-28)20-40(42,43)44)22(3)12-24-13-26-15-25-6-5-7-30(25)36(33(26)14-24)45-38(54)48-61(58,59)29-9-11-35(53)50(19-29)23(4)51/h15-17,21-22,24,28-29H,5-14,18-20H2,1-4H3,(H2,45,48,54)(H2,46,47,55). The van der Waals surface area contributed by atoms with Crippen LogP contribution < -0.4 is 20.1 Å². The molecule has 4 N–H and O–H groups in total. The predicted molar refractivity (Wildman–Crippen MR) is 221 cm³/mol. The Bertz CT molecular complexity index is 2360. The average molecular weight is 915 g/mol. The van der Waals surface area contributed by atoms with E-state index in [9.17, 15) is 54.0 Å². The second kappa shape index (κ2) is 17.7. The highest BCUT2D eigenvalue weighted by Crippen LogP contribution is 2.44. The zero-order valence-corrected chi connectivity index (χ0v) is 36.6. The summed E-state index contributed by atoms with van der Waals surface area (Å²) in [6.45, 7) is 4.18. The van der Waals surface area contributed by atoms with Crippen molar-refractivity contribution in [3.63, 3.8) is 0 Å². The molecular weight excluding hydrogens is 865 g/mol. The van der Waals surface area contributed by atoms with Gasteiger partial charge in [-0.3, -0.25) is 19.3 Å². The number of alkyl halides is 3. The van der Waals surface area contributed by atoms with Crippen LogP contribution in [0.5, 0.6) is 0 Å². The maximum atomic E-state index is 13.4. The molecule has 2 aromatic rings. The molecule has 2 aromatic carbocycles. The van der Waals surface area contributed by atoms with Gasteiger partial charge >= 0.3 is 18.2 Å². The van der Waals surface area contributed by atoms with Crippen molar-refractivity contribution in [1.82, 2.24) is 19.2 Å². The molecule has 2 heterocycles. The molecule has 334 valence electrons. The van der Waals surface area contributed by atoms with Crippen molar-refractivity contribution in [2.75, 3.05) is 30.3 Å². The molecule has 0 aromatic heterocycles. The van der Waals surface area contributed by atoms with Crippen molar-refractivity contribution in [3.05, 3.63) is 56.6 Å². The molecule has 2 saturated heterocycles. The summed E-state index contributed by atoms with van der Waals surface area (Å²) in [5.41, 5.74) is 6.02. The van der Waals surface area contributed by atoms with Crippen LogP contribution >= 0.6 is 11.6 Å². The number of amides is 7. The van der Waals surface area contributed by atoms with E-state index in [2.05, 4.69) is 21.4 Å². The average Bonchev–Trinajstić information content (AvgIpc) is 3.78. The molecule has 4 aliphatic rings. The third-order valence-corrected chi connectivity index (χ3v) is 15.7. The van der Waals surface area contributed by atoms with Gasteiger partial charge in [-0.2, -0.15) is 13.2 Å². The van der Waals surface area contributed by atoms with Gasteiger partial charge in [0.1, 0.15) is 6.54 Å². The third kappa shape index (κ3) is 10.6. The van der Waals surface area contributed by atoms with Gasteiger partial charge in [0.25, 0.3) is 0 Å². The number of urea groups is 2. The molecule has 61 heavy (non-hydrogen) atoms. The Morgan fingerprint density at radius 2 is 1.38 bits per heavy atom. The van der Waals surface area contributed by atoms with E-state index in [1.54, 1.807) is 12.1 Å². The zero-order chi connectivity index (χ0) is 44.8. The van der Waals surface area contributed by atoms with Gasteiger partial charge in [0.05, 0.1) is 10.5 Å². The second-order valence-electron chi connectivity index (χ2n) is 16.8. The van der Waals surface area contributed by atoms with E-state index in [1.807, 2.05) is 25.5 Å². The lowest BCUT2D eigenvalue weighted by atomic mass is 9.85. The van der Waals surface area contributed by atoms with Gasteiger partial charge < -0.3 is 15.5 Å². The second-order valence-corrected chi connectivity index (χ2v) is 21.2. The van der Waals surface area contributed by atoms with Crippen molar-refractivity contribution in [1.29, 1.82) is 0 Å². The van der Waals surface area contributed by atoms with Gasteiger partial charge in [-0.1, -0.05) is 38.4 Å². The molecule has 0 bridgehead atoms. The number of anilines is 2. The summed E-state index contributed by atoms with van der Waals surface area (Å²) >= 11 is 6.61. The Hall–Kier alpha value is -4.43. The van der Waals surface area contributed by atoms with Gasteiger partial charge in [-0.05, 0) is 115 Å². The van der Waals surface area contributed by atoms with Crippen molar-refractivity contribution < 1.29 is 54.0 Å². The molecule has 0 spiro atoms. The monoisotopic (exact) mass is 914 g/mol. The number of halogens is 4. The van der Waals surface area contributed by atoms with Crippen molar-refractivity contribution in [2.24, 2.45) is 5.92 Å². The highest BCUT2D eigenvalue weighted by atomic mass is 35.5. The quantitative estimate of drug-likeness (QED) is 0.213. The van der Waals surface area contributed by atoms with Crippen LogP contribution in [0.25, 0.3) is 0 Å². The summed E-state index contributed by atoms with van der Waals surface area (Å²) < 4.78 is 96.5. The molecule has 0 saturated carbocycles. The molecule has 2 aliphatic heterocycles. The number of hydrogen-bond acceptors (Lipinski definition) is 9. The molecule has 2 aliphatic carbocycles. The number of carbonyl (C=O) groups is 5. The Labute approximate surface area is 358 Å². The summed E-state index contributed by atoms with van der Waals surface area (Å²) in [6.07, 6.45) is -1.54. The minimum Gasteiger partial charge on any atom is -0.332 e. The minimum atomic E-state index is -4.73. The summed E-state index contributed by atoms with van der Waals surface area (Å²) in [4.78, 5) is 64.3. The van der Waals surface area contributed by atoms with E-state index in [-0.39, 0.29) is 43.6 Å². The van der Waals surface area contributed by atoms with Crippen molar-refractivity contribution in [3.8, 4) is 0 Å². The third-order valence-electron chi connectivity index (χ3n) is 12.0. The van der Waals surface area contributed by atoms with Crippen LogP contribution in [-0.4, -0.2) is 92.7 Å². The number of carbonyl (C=O) groups excluding carboxylic acids is 5. The molecule has 7 amide bonds. The number of sulfonamides is 2. The minimum absolute atomic E-state index is 0.0226. The van der Waals surface area contributed by atoms with Gasteiger partial charge in [0, 0.05) is 49.3 Å². The number of rotatable bonds is 11. The van der Waals surface area contributed by atoms with Gasteiger partial charge in [-0.15, -0.1) is 0 Å². The van der Waals surface area contributed by atoms with Crippen LogP contribution in [0.15, 0.2) is 18.2 Å². The number of aryl methyl sites for hydroxylation is 1. The number of nitrogens with one attached hydrogen (secondary N) is 4. The molecule has 21 heteroatoms. The van der Waals surface area contributed by atoms with Crippen molar-refractivity contribution >= 4 is 72.8 Å². The van der Waals surface area contributed by atoms with E-state index < -0.39 is 86.0 Å². The number of imide groups is 1. The summed E-state index contributed by atoms with van der Waals surface area (Å²) in [5, 5.41) is 3.30. The Morgan fingerprint density at radius 3 is 1.98 bits per heavy atom. The normalized spacial score (nSPS) is 21.2. The maximum Gasteiger partial charge on any atom is 0.406 e. The number of benzene rings is 2. The first kappa shape index (κ1) is 46.1. The van der Waals surface area contributed by atoms with E-state index in [0.29, 0.717) is 58.1 Å². The molecule has 15 nitrogen and oxygen atoms in total.